The van der Waals surface area contributed by atoms with E-state index in [1.54, 1.807) is 0 Å². The second-order valence-corrected chi connectivity index (χ2v) is 4.94. The Morgan fingerprint density at radius 3 is 2.83 bits per heavy atom. The van der Waals surface area contributed by atoms with Gasteiger partial charge in [-0.05, 0) is 17.2 Å². The Kier molecular flexibility index (Phi) is 7.28. The van der Waals surface area contributed by atoms with Gasteiger partial charge >= 0.3 is 6.09 Å². The predicted octanol–water partition coefficient (Wildman–Crippen LogP) is 1.45. The Bertz CT molecular complexity index is 163. The van der Waals surface area contributed by atoms with Gasteiger partial charge in [0.15, 0.2) is 10.0 Å². The van der Waals surface area contributed by atoms with Crippen molar-refractivity contribution in [2.24, 2.45) is 0 Å². The van der Waals surface area contributed by atoms with Crippen LogP contribution in [0.2, 0.25) is 0 Å². The zero-order valence-corrected chi connectivity index (χ0v) is 8.80. The van der Waals surface area contributed by atoms with E-state index in [2.05, 4.69) is 16.4 Å². The maximum Gasteiger partial charge on any atom is 0.419 e. The predicted molar refractivity (Wildman–Crippen MR) is 51.0 cm³/mol. The second kappa shape index (κ2) is 7.42. The summed E-state index contributed by atoms with van der Waals surface area (Å²) in [6.07, 6.45) is 1.40. The molecule has 0 aromatic rings. The van der Waals surface area contributed by atoms with E-state index >= 15 is 0 Å². The highest BCUT2D eigenvalue weighted by atomic mass is 33.1. The van der Waals surface area contributed by atoms with Gasteiger partial charge in [-0.15, -0.1) is 0 Å². The van der Waals surface area contributed by atoms with Crippen molar-refractivity contribution in [3.05, 3.63) is 0 Å². The van der Waals surface area contributed by atoms with Gasteiger partial charge in [-0.25, -0.2) is 13.7 Å². The van der Waals surface area contributed by atoms with E-state index in [4.69, 9.17) is 0 Å². The lowest BCUT2D eigenvalue weighted by atomic mass is 10.4. The van der Waals surface area contributed by atoms with E-state index in [0.717, 1.165) is 18.6 Å². The fourth-order valence-corrected chi connectivity index (χ4v) is 2.44. The third-order valence-corrected chi connectivity index (χ3v) is 3.44. The third-order valence-electron chi connectivity index (χ3n) is 1.04. The van der Waals surface area contributed by atoms with Crippen LogP contribution in [0.3, 0.4) is 0 Å². The van der Waals surface area contributed by atoms with E-state index in [1.165, 1.54) is 17.9 Å². The number of ether oxygens (including phenoxy) is 1. The smallest absolute Gasteiger partial charge is 0.419 e. The molecule has 0 saturated heterocycles. The van der Waals surface area contributed by atoms with Crippen LogP contribution in [-0.2, 0) is 14.8 Å². The van der Waals surface area contributed by atoms with Crippen LogP contribution in [0.4, 0.5) is 4.79 Å². The van der Waals surface area contributed by atoms with Gasteiger partial charge in [0.25, 0.3) is 0 Å². The number of hydrogen-bond donors (Lipinski definition) is 1. The molecule has 1 amide bonds. The highest BCUT2D eigenvalue weighted by Crippen LogP contribution is 2.07. The molecule has 6 heteroatoms. The Balaban J connectivity index is 3.40. The van der Waals surface area contributed by atoms with Crippen molar-refractivity contribution in [3.8, 4) is 0 Å². The molecule has 0 spiro atoms. The first-order chi connectivity index (χ1) is 5.70. The van der Waals surface area contributed by atoms with Gasteiger partial charge in [0.05, 0.1) is 7.11 Å². The van der Waals surface area contributed by atoms with Crippen LogP contribution in [0.1, 0.15) is 19.8 Å². The molecule has 0 saturated carbocycles. The molecule has 0 aliphatic rings. The molecule has 12 heavy (non-hydrogen) atoms. The molecule has 0 aromatic carbocycles. The first-order valence-electron chi connectivity index (χ1n) is 3.60. The zero-order valence-electron chi connectivity index (χ0n) is 7.16. The topological polar surface area (TPSA) is 55.4 Å². The van der Waals surface area contributed by atoms with Gasteiger partial charge in [0, 0.05) is 5.75 Å². The lowest BCUT2D eigenvalue weighted by Gasteiger charge is -2.01. The van der Waals surface area contributed by atoms with Crippen molar-refractivity contribution in [2.75, 3.05) is 12.9 Å². The van der Waals surface area contributed by atoms with Gasteiger partial charge in [-0.3, -0.25) is 0 Å². The molecule has 0 bridgehead atoms. The summed E-state index contributed by atoms with van der Waals surface area (Å²) in [4.78, 5) is 10.5. The molecule has 0 fully saturated rings. The summed E-state index contributed by atoms with van der Waals surface area (Å²) in [7, 11) is 1.08. The van der Waals surface area contributed by atoms with Crippen LogP contribution in [0, 0.1) is 0 Å². The number of methoxy groups -OCH3 is 1. The molecule has 0 rings (SSSR count). The third kappa shape index (κ3) is 6.48. The number of amides is 1. The Labute approximate surface area is 78.4 Å². The molecule has 1 N–H and O–H groups in total. The summed E-state index contributed by atoms with van der Waals surface area (Å²) >= 11 is 0. The van der Waals surface area contributed by atoms with Gasteiger partial charge in [-0.1, -0.05) is 13.3 Å². The average Bonchev–Trinajstić information content (AvgIpc) is 2.05. The highest BCUT2D eigenvalue weighted by molar-refractivity contribution is 8.68. The SMILES string of the molecule is CCCCSS(=O)NC(=O)OC. The number of rotatable bonds is 5. The Hall–Kier alpha value is -0.230. The molecule has 0 heterocycles. The van der Waals surface area contributed by atoms with Crippen LogP contribution in [-0.4, -0.2) is 23.2 Å². The quantitative estimate of drug-likeness (QED) is 0.552. The Morgan fingerprint density at radius 2 is 2.33 bits per heavy atom. The Morgan fingerprint density at radius 1 is 1.67 bits per heavy atom. The van der Waals surface area contributed by atoms with Gasteiger partial charge in [0.1, 0.15) is 0 Å². The van der Waals surface area contributed by atoms with Crippen LogP contribution in [0.25, 0.3) is 0 Å². The highest BCUT2D eigenvalue weighted by Gasteiger charge is 2.04. The van der Waals surface area contributed by atoms with Crippen molar-refractivity contribution in [1.82, 2.24) is 4.72 Å². The molecular weight excluding hydrogens is 198 g/mol. The van der Waals surface area contributed by atoms with E-state index in [9.17, 15) is 9.00 Å². The molecule has 4 nitrogen and oxygen atoms in total. The molecule has 0 aromatic heterocycles. The standard InChI is InChI=1S/C6H13NO3S2/c1-3-4-5-11-12(9)7-6(8)10-2/h3-5H2,1-2H3,(H,7,8). The first-order valence-corrected chi connectivity index (χ1v) is 6.25. The number of nitrogens with one attached hydrogen (secondary N) is 1. The van der Waals surface area contributed by atoms with E-state index in [1.807, 2.05) is 0 Å². The number of carbonyl (C=O) groups excluding carboxylic acids is 1. The lowest BCUT2D eigenvalue weighted by Crippen LogP contribution is -2.23. The van der Waals surface area contributed by atoms with Crippen LogP contribution in [0.5, 0.6) is 0 Å². The monoisotopic (exact) mass is 211 g/mol. The minimum absolute atomic E-state index is 0.655. The molecule has 0 aliphatic carbocycles. The summed E-state index contributed by atoms with van der Waals surface area (Å²) in [5.41, 5.74) is 0. The normalized spacial score (nSPS) is 12.2. The van der Waals surface area contributed by atoms with Gasteiger partial charge in [-0.2, -0.15) is 0 Å². The van der Waals surface area contributed by atoms with Gasteiger partial charge in [0.2, 0.25) is 0 Å². The fourth-order valence-electron chi connectivity index (χ4n) is 0.418. The van der Waals surface area contributed by atoms with Crippen molar-refractivity contribution in [3.63, 3.8) is 0 Å². The van der Waals surface area contributed by atoms with E-state index in [-0.39, 0.29) is 0 Å². The van der Waals surface area contributed by atoms with Crippen molar-refractivity contribution >= 4 is 26.9 Å². The number of carbonyl (C=O) groups is 1. The molecule has 0 aliphatic heterocycles. The molecule has 0 radical (unpaired) electrons. The molecular formula is C6H13NO3S2. The maximum atomic E-state index is 10.9. The summed E-state index contributed by atoms with van der Waals surface area (Å²) < 4.78 is 17.4. The van der Waals surface area contributed by atoms with Crippen molar-refractivity contribution in [2.45, 2.75) is 19.8 Å². The molecule has 1 unspecified atom stereocenters. The minimum atomic E-state index is -1.36. The van der Waals surface area contributed by atoms with Crippen LogP contribution in [0.15, 0.2) is 0 Å². The minimum Gasteiger partial charge on any atom is -0.452 e. The van der Waals surface area contributed by atoms with Crippen LogP contribution < -0.4 is 4.72 Å². The van der Waals surface area contributed by atoms with Crippen molar-refractivity contribution < 1.29 is 13.7 Å². The fraction of sp³-hybridized carbons (Fsp3) is 0.833. The largest absolute Gasteiger partial charge is 0.452 e. The maximum absolute atomic E-state index is 10.9. The second-order valence-electron chi connectivity index (χ2n) is 2.00. The molecule has 1 atom stereocenters. The average molecular weight is 211 g/mol. The van der Waals surface area contributed by atoms with Crippen molar-refractivity contribution in [1.29, 1.82) is 0 Å². The summed E-state index contributed by atoms with van der Waals surface area (Å²) in [6, 6.07) is 0. The zero-order chi connectivity index (χ0) is 9.40. The number of hydrogen-bond acceptors (Lipinski definition) is 4. The van der Waals surface area contributed by atoms with E-state index in [0.29, 0.717) is 0 Å². The lowest BCUT2D eigenvalue weighted by molar-refractivity contribution is 0.178. The first kappa shape index (κ1) is 11.8. The van der Waals surface area contributed by atoms with Crippen LogP contribution >= 0.6 is 10.8 Å². The van der Waals surface area contributed by atoms with E-state index < -0.39 is 16.1 Å². The summed E-state index contributed by atoms with van der Waals surface area (Å²) in [5.74, 6) is 0.785. The molecule has 72 valence electrons. The number of unbranched alkanes of at least 4 members (excludes halogenated alkanes) is 1. The van der Waals surface area contributed by atoms with Gasteiger partial charge < -0.3 is 4.74 Å². The summed E-state index contributed by atoms with van der Waals surface area (Å²) in [5, 5.41) is 0. The summed E-state index contributed by atoms with van der Waals surface area (Å²) in [6.45, 7) is 2.05.